The van der Waals surface area contributed by atoms with Crippen molar-refractivity contribution in [3.63, 3.8) is 0 Å². The Morgan fingerprint density at radius 3 is 2.45 bits per heavy atom. The molecular weight excluding hydrogens is 151 g/mol. The Balaban J connectivity index is 3.21. The van der Waals surface area contributed by atoms with E-state index in [9.17, 15) is 4.39 Å². The molecule has 0 aliphatic carbocycles. The number of benzene rings is 1. The van der Waals surface area contributed by atoms with Gasteiger partial charge in [-0.3, -0.25) is 0 Å². The molecule has 0 saturated carbocycles. The third-order valence-electron chi connectivity index (χ3n) is 1.25. The summed E-state index contributed by atoms with van der Waals surface area (Å²) in [5.41, 5.74) is 0. The zero-order valence-corrected chi connectivity index (χ0v) is 5.84. The second-order valence-electron chi connectivity index (χ2n) is 1.98. The first kappa shape index (κ1) is 7.65. The molecule has 0 spiro atoms. The number of aromatic hydroxyl groups is 2. The van der Waals surface area contributed by atoms with Crippen LogP contribution < -0.4 is 4.74 Å². The highest BCUT2D eigenvalue weighted by molar-refractivity contribution is 5.44. The topological polar surface area (TPSA) is 49.7 Å². The smallest absolute Gasteiger partial charge is 0.168 e. The van der Waals surface area contributed by atoms with E-state index < -0.39 is 11.6 Å². The average Bonchev–Trinajstić information content (AvgIpc) is 1.97. The molecule has 2 N–H and O–H groups in total. The van der Waals surface area contributed by atoms with Gasteiger partial charge in [0.25, 0.3) is 0 Å². The maximum Gasteiger partial charge on any atom is 0.168 e. The Hall–Kier alpha value is -1.45. The number of ether oxygens (including phenoxy) is 1. The van der Waals surface area contributed by atoms with E-state index in [-0.39, 0.29) is 11.5 Å². The van der Waals surface area contributed by atoms with Crippen molar-refractivity contribution in [1.82, 2.24) is 0 Å². The molecule has 1 rings (SSSR count). The van der Waals surface area contributed by atoms with Crippen LogP contribution in [0.1, 0.15) is 0 Å². The van der Waals surface area contributed by atoms with Gasteiger partial charge in [-0.25, -0.2) is 4.39 Å². The third-order valence-corrected chi connectivity index (χ3v) is 1.25. The van der Waals surface area contributed by atoms with Crippen molar-refractivity contribution in [2.75, 3.05) is 7.11 Å². The van der Waals surface area contributed by atoms with Crippen molar-refractivity contribution in [1.29, 1.82) is 0 Å². The molecule has 0 aliphatic heterocycles. The molecule has 0 fully saturated rings. The Morgan fingerprint density at radius 2 is 1.91 bits per heavy atom. The van der Waals surface area contributed by atoms with Crippen LogP contribution in [0.5, 0.6) is 17.2 Å². The summed E-state index contributed by atoms with van der Waals surface area (Å²) in [5.74, 6) is -1.70. The summed E-state index contributed by atoms with van der Waals surface area (Å²) in [5, 5.41) is 17.7. The van der Waals surface area contributed by atoms with Gasteiger partial charge in [0.1, 0.15) is 0 Å². The lowest BCUT2D eigenvalue weighted by molar-refractivity contribution is 0.360. The zero-order valence-electron chi connectivity index (χ0n) is 5.84. The first-order valence-corrected chi connectivity index (χ1v) is 2.90. The number of phenolic OH excluding ortho intramolecular Hbond substituents is 2. The lowest BCUT2D eigenvalue weighted by Crippen LogP contribution is -1.84. The number of phenols is 2. The van der Waals surface area contributed by atoms with Crippen LogP contribution in [0.3, 0.4) is 0 Å². The Morgan fingerprint density at radius 1 is 1.27 bits per heavy atom. The predicted molar refractivity (Wildman–Crippen MR) is 36.3 cm³/mol. The van der Waals surface area contributed by atoms with E-state index in [1.807, 2.05) is 0 Å². The van der Waals surface area contributed by atoms with Gasteiger partial charge in [-0.2, -0.15) is 0 Å². The van der Waals surface area contributed by atoms with E-state index in [0.717, 1.165) is 12.1 Å². The van der Waals surface area contributed by atoms with Gasteiger partial charge in [-0.15, -0.1) is 0 Å². The van der Waals surface area contributed by atoms with Gasteiger partial charge in [0, 0.05) is 12.1 Å². The van der Waals surface area contributed by atoms with Gasteiger partial charge >= 0.3 is 0 Å². The highest BCUT2D eigenvalue weighted by Crippen LogP contribution is 2.31. The van der Waals surface area contributed by atoms with Crippen molar-refractivity contribution in [2.45, 2.75) is 0 Å². The summed E-state index contributed by atoms with van der Waals surface area (Å²) in [6.45, 7) is 0. The second kappa shape index (κ2) is 2.65. The summed E-state index contributed by atoms with van der Waals surface area (Å²) in [4.78, 5) is 0. The first-order valence-electron chi connectivity index (χ1n) is 2.90. The van der Waals surface area contributed by atoms with E-state index in [4.69, 9.17) is 10.2 Å². The molecule has 0 saturated heterocycles. The summed E-state index contributed by atoms with van der Waals surface area (Å²) < 4.78 is 17.0. The van der Waals surface area contributed by atoms with Crippen molar-refractivity contribution < 1.29 is 19.3 Å². The first-order chi connectivity index (χ1) is 5.15. The van der Waals surface area contributed by atoms with Gasteiger partial charge in [-0.1, -0.05) is 0 Å². The van der Waals surface area contributed by atoms with E-state index >= 15 is 0 Å². The van der Waals surface area contributed by atoms with Crippen LogP contribution in [0.15, 0.2) is 12.1 Å². The maximum atomic E-state index is 12.4. The van der Waals surface area contributed by atoms with Crippen LogP contribution in [-0.2, 0) is 0 Å². The van der Waals surface area contributed by atoms with Crippen LogP contribution in [0.4, 0.5) is 4.39 Å². The fourth-order valence-corrected chi connectivity index (χ4v) is 0.696. The van der Waals surface area contributed by atoms with Crippen LogP contribution in [0.2, 0.25) is 0 Å². The van der Waals surface area contributed by atoms with Gasteiger partial charge in [-0.05, 0) is 0 Å². The predicted octanol–water partition coefficient (Wildman–Crippen LogP) is 1.25. The van der Waals surface area contributed by atoms with Crippen LogP contribution in [-0.4, -0.2) is 17.3 Å². The lowest BCUT2D eigenvalue weighted by Gasteiger charge is -2.03. The molecule has 0 radical (unpaired) electrons. The molecule has 0 aromatic heterocycles. The number of methoxy groups -OCH3 is 1. The van der Waals surface area contributed by atoms with Crippen molar-refractivity contribution in [3.8, 4) is 17.2 Å². The highest BCUT2D eigenvalue weighted by atomic mass is 19.1. The molecule has 11 heavy (non-hydrogen) atoms. The van der Waals surface area contributed by atoms with Crippen molar-refractivity contribution in [2.24, 2.45) is 0 Å². The monoisotopic (exact) mass is 158 g/mol. The summed E-state index contributed by atoms with van der Waals surface area (Å²) in [7, 11) is 1.31. The minimum Gasteiger partial charge on any atom is -0.505 e. The van der Waals surface area contributed by atoms with Crippen molar-refractivity contribution in [3.05, 3.63) is 17.9 Å². The molecule has 0 amide bonds. The molecule has 1 aromatic carbocycles. The Bertz CT molecular complexity index is 273. The number of hydrogen-bond acceptors (Lipinski definition) is 3. The summed E-state index contributed by atoms with van der Waals surface area (Å²) in [6, 6.07) is 1.79. The van der Waals surface area contributed by atoms with E-state index in [0.29, 0.717) is 0 Å². The normalized spacial score (nSPS) is 9.64. The van der Waals surface area contributed by atoms with Gasteiger partial charge in [0.15, 0.2) is 23.1 Å². The molecule has 0 heterocycles. The van der Waals surface area contributed by atoms with E-state index in [2.05, 4.69) is 4.74 Å². The fourth-order valence-electron chi connectivity index (χ4n) is 0.696. The zero-order chi connectivity index (χ0) is 8.43. The molecule has 0 unspecified atom stereocenters. The van der Waals surface area contributed by atoms with E-state index in [1.165, 1.54) is 7.11 Å². The maximum absolute atomic E-state index is 12.4. The molecule has 1 aromatic rings. The molecule has 0 aliphatic rings. The number of halogens is 1. The van der Waals surface area contributed by atoms with Crippen LogP contribution in [0.25, 0.3) is 0 Å². The Labute approximate surface area is 62.7 Å². The summed E-state index contributed by atoms with van der Waals surface area (Å²) >= 11 is 0. The summed E-state index contributed by atoms with van der Waals surface area (Å²) in [6.07, 6.45) is 0. The minimum absolute atomic E-state index is 0.0453. The number of hydrogen-bond donors (Lipinski definition) is 2. The average molecular weight is 158 g/mol. The van der Waals surface area contributed by atoms with Gasteiger partial charge in [0.05, 0.1) is 7.11 Å². The molecule has 4 heteroatoms. The molecule has 0 atom stereocenters. The highest BCUT2D eigenvalue weighted by Gasteiger charge is 2.07. The number of rotatable bonds is 1. The van der Waals surface area contributed by atoms with Crippen LogP contribution >= 0.6 is 0 Å². The standard InChI is InChI=1S/C7H7FO3/c1-11-7-3-5(9)4(8)2-6(7)10/h2-3,9-10H,1H3. The largest absolute Gasteiger partial charge is 0.505 e. The molecule has 60 valence electrons. The fraction of sp³-hybridized carbons (Fsp3) is 0.143. The SMILES string of the molecule is COc1cc(O)c(F)cc1O. The molecule has 3 nitrogen and oxygen atoms in total. The second-order valence-corrected chi connectivity index (χ2v) is 1.98. The third kappa shape index (κ3) is 1.34. The van der Waals surface area contributed by atoms with Gasteiger partial charge in [0.2, 0.25) is 0 Å². The molecular formula is C7H7FO3. The Kier molecular flexibility index (Phi) is 1.85. The minimum atomic E-state index is -0.872. The van der Waals surface area contributed by atoms with Crippen LogP contribution in [0, 0.1) is 5.82 Å². The molecule has 0 bridgehead atoms. The van der Waals surface area contributed by atoms with E-state index in [1.54, 1.807) is 0 Å². The lowest BCUT2D eigenvalue weighted by atomic mass is 10.3. The van der Waals surface area contributed by atoms with Crippen molar-refractivity contribution >= 4 is 0 Å². The quantitative estimate of drug-likeness (QED) is 0.604. The van der Waals surface area contributed by atoms with Gasteiger partial charge < -0.3 is 14.9 Å².